The Morgan fingerprint density at radius 1 is 0.776 bits per heavy atom. The van der Waals surface area contributed by atoms with E-state index in [0.717, 1.165) is 41.5 Å². The summed E-state index contributed by atoms with van der Waals surface area (Å²) in [5.74, 6) is -2.41. The number of piperidine rings is 1. The van der Waals surface area contributed by atoms with E-state index >= 15 is 0 Å². The molecule has 0 bridgehead atoms. The highest BCUT2D eigenvalue weighted by atomic mass is 32.2. The maximum Gasteiger partial charge on any atom is 0.336 e. The van der Waals surface area contributed by atoms with Gasteiger partial charge in [-0.2, -0.15) is 25.3 Å². The van der Waals surface area contributed by atoms with Crippen LogP contribution in [0.1, 0.15) is 65.6 Å². The second-order valence-corrected chi connectivity index (χ2v) is 16.9. The number of likely N-dealkylation sites (tertiary alicyclic amines) is 1. The minimum atomic E-state index is -4.75. The van der Waals surface area contributed by atoms with E-state index in [4.69, 9.17) is 0 Å². The van der Waals surface area contributed by atoms with Crippen LogP contribution in [0.25, 0.3) is 5.57 Å². The molecule has 2 heterocycles. The van der Waals surface area contributed by atoms with Gasteiger partial charge in [-0.15, -0.1) is 0 Å². The molecule has 0 unspecified atom stereocenters. The van der Waals surface area contributed by atoms with Crippen LogP contribution in [-0.4, -0.2) is 97.7 Å². The normalized spacial score (nSPS) is 17.9. The third kappa shape index (κ3) is 8.90. The van der Waals surface area contributed by atoms with Gasteiger partial charge in [-0.05, 0) is 97.1 Å². The Balaban J connectivity index is 1.65. The number of phenols is 1. The Morgan fingerprint density at radius 3 is 2.04 bits per heavy atom. The van der Waals surface area contributed by atoms with E-state index in [9.17, 15) is 53.9 Å². The van der Waals surface area contributed by atoms with E-state index in [0.29, 0.717) is 56.7 Å². The van der Waals surface area contributed by atoms with Gasteiger partial charge >= 0.3 is 5.97 Å². The number of carbonyl (C=O) groups is 1. The number of nitrogens with zero attached hydrogens (tertiary/aromatic N) is 2. The Bertz CT molecular complexity index is 2090. The molecule has 5 N–H and O–H groups in total. The zero-order valence-corrected chi connectivity index (χ0v) is 28.9. The summed E-state index contributed by atoms with van der Waals surface area (Å²) in [5.41, 5.74) is 3.93. The molecule has 14 nitrogen and oxygen atoms in total. The highest BCUT2D eigenvalue weighted by Crippen LogP contribution is 2.44. The van der Waals surface area contributed by atoms with Crippen molar-refractivity contribution in [3.8, 4) is 5.75 Å². The van der Waals surface area contributed by atoms with Crippen molar-refractivity contribution in [2.24, 2.45) is 0 Å². The molecule has 0 amide bonds. The molecule has 49 heavy (non-hydrogen) atoms. The maximum atomic E-state index is 12.5. The van der Waals surface area contributed by atoms with E-state index in [1.54, 1.807) is 6.07 Å². The lowest BCUT2D eigenvalue weighted by atomic mass is 9.82. The van der Waals surface area contributed by atoms with E-state index in [1.807, 2.05) is 22.0 Å². The molecule has 0 atom stereocenters. The summed E-state index contributed by atoms with van der Waals surface area (Å²) < 4.78 is 97.8. The molecule has 0 aromatic heterocycles. The molecule has 1 saturated heterocycles. The molecule has 1 fully saturated rings. The number of allylic oxidation sites excluding steroid dienone is 4. The van der Waals surface area contributed by atoms with E-state index in [2.05, 4.69) is 0 Å². The molecule has 0 spiro atoms. The minimum absolute atomic E-state index is 0.0387. The number of aryl methyl sites for hydroxylation is 1. The van der Waals surface area contributed by atoms with Crippen LogP contribution in [0.5, 0.6) is 5.75 Å². The van der Waals surface area contributed by atoms with Crippen LogP contribution < -0.4 is 4.90 Å². The number of hydrogen-bond donors (Lipinski definition) is 5. The predicted molar refractivity (Wildman–Crippen MR) is 182 cm³/mol. The summed E-state index contributed by atoms with van der Waals surface area (Å²) in [6.07, 6.45) is 7.01. The number of aromatic carboxylic acids is 1. The molecular weight excluding hydrogens is 701 g/mol. The molecule has 0 radical (unpaired) electrons. The van der Waals surface area contributed by atoms with Crippen molar-refractivity contribution in [2.75, 3.05) is 42.6 Å². The van der Waals surface area contributed by atoms with Gasteiger partial charge in [0.25, 0.3) is 30.4 Å². The Labute approximate surface area is 285 Å². The van der Waals surface area contributed by atoms with Crippen molar-refractivity contribution >= 4 is 47.6 Å². The first-order valence-corrected chi connectivity index (χ1v) is 20.3. The summed E-state index contributed by atoms with van der Waals surface area (Å²) in [6, 6.07) is 6.38. The summed E-state index contributed by atoms with van der Waals surface area (Å²) in [6.45, 7) is 1.90. The zero-order valence-electron chi connectivity index (χ0n) is 26.4. The van der Waals surface area contributed by atoms with Gasteiger partial charge in [0.1, 0.15) is 5.75 Å². The lowest BCUT2D eigenvalue weighted by Gasteiger charge is -2.36. The fourth-order valence-electron chi connectivity index (χ4n) is 6.77. The predicted octanol–water partition coefficient (Wildman–Crippen LogP) is 3.76. The van der Waals surface area contributed by atoms with Crippen molar-refractivity contribution < 1.29 is 53.9 Å². The van der Waals surface area contributed by atoms with Crippen molar-refractivity contribution in [3.63, 3.8) is 0 Å². The molecule has 3 aliphatic rings. The third-order valence-electron chi connectivity index (χ3n) is 8.86. The van der Waals surface area contributed by atoms with Gasteiger partial charge in [0.15, 0.2) is 0 Å². The fraction of sp³-hybridized carbons (Fsp3) is 0.406. The van der Waals surface area contributed by atoms with E-state index in [1.165, 1.54) is 6.07 Å². The monoisotopic (exact) mass is 738 g/mol. The largest absolute Gasteiger partial charge is 0.507 e. The van der Waals surface area contributed by atoms with Crippen molar-refractivity contribution in [1.29, 1.82) is 0 Å². The fourth-order valence-corrected chi connectivity index (χ4v) is 8.27. The smallest absolute Gasteiger partial charge is 0.336 e. The molecule has 1 aliphatic carbocycles. The first-order chi connectivity index (χ1) is 22.9. The summed E-state index contributed by atoms with van der Waals surface area (Å²) in [5, 5.41) is 21.8. The van der Waals surface area contributed by atoms with Crippen LogP contribution in [0.4, 0.5) is 5.69 Å². The third-order valence-corrected chi connectivity index (χ3v) is 11.3. The second kappa shape index (κ2) is 14.2. The van der Waals surface area contributed by atoms with E-state index in [-0.39, 0.29) is 53.0 Å². The SMILES string of the molecule is O=C(O)c1ccc(S(=O)(=O)O)cc1/C(=C1\C=C2CCCN(CCCS(=O)(=O)O)C2=CC1)c1cc2c(cc1O)N(CCCS(=O)(=O)O)CCC2. The lowest BCUT2D eigenvalue weighted by Crippen LogP contribution is -2.32. The van der Waals surface area contributed by atoms with Gasteiger partial charge in [-0.25, -0.2) is 4.79 Å². The van der Waals surface area contributed by atoms with Gasteiger partial charge in [-0.1, -0.05) is 12.2 Å². The average Bonchev–Trinajstić information content (AvgIpc) is 3.00. The molecule has 2 aliphatic heterocycles. The van der Waals surface area contributed by atoms with Crippen LogP contribution in [-0.2, 0) is 36.8 Å². The summed E-state index contributed by atoms with van der Waals surface area (Å²) in [7, 11) is -13.0. The van der Waals surface area contributed by atoms with Crippen LogP contribution in [0.2, 0.25) is 0 Å². The standard InChI is InChI=1S/C32H38N2O12S3/c35-30-20-29-22(6-2-12-34(29)14-4-16-48(41,42)43)18-27(30)31(26-19-24(49(44,45)46)8-9-25(26)32(36)37)23-7-10-28-21(17-23)5-1-11-33(28)13-3-15-47(38,39)40/h8-10,17-20,35H,1-7,11-16H2,(H,36,37)(H,38,39,40)(H,41,42,43)(H,44,45,46)/b31-23+. The number of carboxylic acids is 1. The number of hydrogen-bond acceptors (Lipinski definition) is 10. The lowest BCUT2D eigenvalue weighted by molar-refractivity contribution is 0.0696. The van der Waals surface area contributed by atoms with Crippen LogP contribution >= 0.6 is 0 Å². The number of carboxylic acid groups (broad SMARTS) is 1. The van der Waals surface area contributed by atoms with Crippen LogP contribution in [0.3, 0.4) is 0 Å². The number of anilines is 1. The van der Waals surface area contributed by atoms with Gasteiger partial charge in [0, 0.05) is 49.2 Å². The molecule has 17 heteroatoms. The van der Waals surface area contributed by atoms with Crippen molar-refractivity contribution in [2.45, 2.75) is 49.8 Å². The molecular formula is C32H38N2O12S3. The molecule has 266 valence electrons. The van der Waals surface area contributed by atoms with Crippen LogP contribution in [0, 0.1) is 0 Å². The zero-order chi connectivity index (χ0) is 35.7. The Morgan fingerprint density at radius 2 is 1.41 bits per heavy atom. The van der Waals surface area contributed by atoms with Crippen LogP contribution in [0.15, 0.2) is 64.2 Å². The number of aromatic hydroxyl groups is 1. The van der Waals surface area contributed by atoms with E-state index < -0.39 is 47.0 Å². The van der Waals surface area contributed by atoms with Gasteiger partial charge in [0.2, 0.25) is 0 Å². The number of benzene rings is 2. The number of phenolic OH excluding ortho intramolecular Hbond substituents is 1. The van der Waals surface area contributed by atoms with Gasteiger partial charge in [-0.3, -0.25) is 13.7 Å². The summed E-state index contributed by atoms with van der Waals surface area (Å²) in [4.78, 5) is 15.9. The molecule has 5 rings (SSSR count). The number of rotatable bonds is 12. The van der Waals surface area contributed by atoms with Crippen molar-refractivity contribution in [1.82, 2.24) is 4.90 Å². The molecule has 2 aromatic rings. The molecule has 0 saturated carbocycles. The summed E-state index contributed by atoms with van der Waals surface area (Å²) >= 11 is 0. The number of fused-ring (bicyclic) bond motifs is 2. The Hall–Kier alpha value is -3.74. The highest BCUT2D eigenvalue weighted by molar-refractivity contribution is 7.86. The van der Waals surface area contributed by atoms with Gasteiger partial charge in [0.05, 0.1) is 22.0 Å². The van der Waals surface area contributed by atoms with Crippen molar-refractivity contribution in [3.05, 3.63) is 81.6 Å². The maximum absolute atomic E-state index is 12.5. The second-order valence-electron chi connectivity index (χ2n) is 12.3. The molecule has 2 aromatic carbocycles. The first kappa shape index (κ1) is 36.5. The quantitative estimate of drug-likeness (QED) is 0.196. The Kier molecular flexibility index (Phi) is 10.6. The first-order valence-electron chi connectivity index (χ1n) is 15.7. The topological polar surface area (TPSA) is 227 Å². The van der Waals surface area contributed by atoms with Gasteiger partial charge < -0.3 is 20.0 Å². The highest BCUT2D eigenvalue weighted by Gasteiger charge is 2.29. The average molecular weight is 739 g/mol. The minimum Gasteiger partial charge on any atom is -0.507 e.